The minimum absolute atomic E-state index is 0.170. The van der Waals surface area contributed by atoms with Crippen molar-refractivity contribution in [1.29, 1.82) is 0 Å². The van der Waals surface area contributed by atoms with Crippen LogP contribution in [-0.4, -0.2) is 62.0 Å². The Bertz CT molecular complexity index is 377. The van der Waals surface area contributed by atoms with Crippen LogP contribution in [-0.2, 0) is 14.8 Å². The van der Waals surface area contributed by atoms with Gasteiger partial charge in [-0.15, -0.1) is 0 Å². The topological polar surface area (TPSA) is 95.7 Å². The van der Waals surface area contributed by atoms with E-state index < -0.39 is 10.0 Å². The molecule has 1 atom stereocenters. The highest BCUT2D eigenvalue weighted by molar-refractivity contribution is 7.88. The molecule has 1 saturated heterocycles. The minimum atomic E-state index is -3.08. The maximum Gasteiger partial charge on any atom is 0.233 e. The van der Waals surface area contributed by atoms with Crippen LogP contribution in [0.3, 0.4) is 0 Å². The van der Waals surface area contributed by atoms with Crippen LogP contribution in [0.15, 0.2) is 0 Å². The Morgan fingerprint density at radius 2 is 1.89 bits per heavy atom. The number of sulfonamides is 1. The summed E-state index contributed by atoms with van der Waals surface area (Å²) >= 11 is 0. The van der Waals surface area contributed by atoms with Gasteiger partial charge in [-0.1, -0.05) is 0 Å². The zero-order valence-electron chi connectivity index (χ0n) is 10.9. The van der Waals surface area contributed by atoms with Gasteiger partial charge in [0.2, 0.25) is 15.9 Å². The van der Waals surface area contributed by atoms with Gasteiger partial charge in [0.25, 0.3) is 0 Å². The molecule has 1 heterocycles. The normalized spacial score (nSPS) is 20.6. The summed E-state index contributed by atoms with van der Waals surface area (Å²) in [6, 6.07) is 0.254. The summed E-state index contributed by atoms with van der Waals surface area (Å²) in [6.45, 7) is 4.50. The number of hydrogen-bond acceptors (Lipinski definition) is 5. The molecule has 1 amide bonds. The number of nitrogens with zero attached hydrogens (tertiary/aromatic N) is 2. The van der Waals surface area contributed by atoms with Crippen molar-refractivity contribution >= 4 is 15.9 Å². The number of nitrogens with two attached hydrogens (primary N) is 1. The van der Waals surface area contributed by atoms with Gasteiger partial charge in [0, 0.05) is 38.6 Å². The lowest BCUT2D eigenvalue weighted by Gasteiger charge is -2.36. The highest BCUT2D eigenvalue weighted by atomic mass is 32.2. The van der Waals surface area contributed by atoms with Crippen LogP contribution in [0.5, 0.6) is 0 Å². The molecule has 1 fully saturated rings. The molecule has 3 N–H and O–H groups in total. The maximum absolute atomic E-state index is 11.4. The number of hydrazine groups is 1. The van der Waals surface area contributed by atoms with Gasteiger partial charge in [0.1, 0.15) is 0 Å². The summed E-state index contributed by atoms with van der Waals surface area (Å²) in [5.41, 5.74) is 2.11. The van der Waals surface area contributed by atoms with Crippen molar-refractivity contribution in [3.05, 3.63) is 0 Å². The van der Waals surface area contributed by atoms with Gasteiger partial charge in [-0.05, 0) is 13.3 Å². The number of carbonyl (C=O) groups excluding carboxylic acids is 1. The number of carbonyl (C=O) groups is 1. The first kappa shape index (κ1) is 15.4. The third-order valence-electron chi connectivity index (χ3n) is 3.32. The third-order valence-corrected chi connectivity index (χ3v) is 4.62. The largest absolute Gasteiger partial charge is 0.298 e. The molecule has 1 unspecified atom stereocenters. The van der Waals surface area contributed by atoms with Crippen molar-refractivity contribution in [2.45, 2.75) is 25.8 Å². The molecular weight excluding hydrogens is 256 g/mol. The predicted molar refractivity (Wildman–Crippen MR) is 69.0 cm³/mol. The Labute approximate surface area is 108 Å². The fraction of sp³-hybridized carbons (Fsp3) is 0.900. The monoisotopic (exact) mass is 278 g/mol. The van der Waals surface area contributed by atoms with Crippen molar-refractivity contribution in [2.75, 3.05) is 32.4 Å². The maximum atomic E-state index is 11.4. The van der Waals surface area contributed by atoms with Crippen LogP contribution >= 0.6 is 0 Å². The second kappa shape index (κ2) is 6.46. The third kappa shape index (κ3) is 4.52. The molecule has 1 aliphatic rings. The zero-order chi connectivity index (χ0) is 13.8. The average molecular weight is 278 g/mol. The van der Waals surface area contributed by atoms with E-state index in [1.807, 2.05) is 6.92 Å². The van der Waals surface area contributed by atoms with Crippen LogP contribution in [0.2, 0.25) is 0 Å². The lowest BCUT2D eigenvalue weighted by atomic mass is 10.1. The van der Waals surface area contributed by atoms with Crippen LogP contribution in [0.25, 0.3) is 0 Å². The van der Waals surface area contributed by atoms with E-state index in [-0.39, 0.29) is 11.9 Å². The first-order valence-electron chi connectivity index (χ1n) is 6.03. The molecule has 0 bridgehead atoms. The molecule has 7 nitrogen and oxygen atoms in total. The van der Waals surface area contributed by atoms with Gasteiger partial charge in [0.05, 0.1) is 6.26 Å². The van der Waals surface area contributed by atoms with E-state index in [9.17, 15) is 13.2 Å². The van der Waals surface area contributed by atoms with E-state index in [2.05, 4.69) is 10.3 Å². The summed E-state index contributed by atoms with van der Waals surface area (Å²) in [7, 11) is -3.08. The minimum Gasteiger partial charge on any atom is -0.298 e. The molecule has 0 aromatic carbocycles. The summed E-state index contributed by atoms with van der Waals surface area (Å²) in [5, 5.41) is 0. The molecule has 0 aromatic heterocycles. The number of amides is 1. The van der Waals surface area contributed by atoms with Crippen molar-refractivity contribution < 1.29 is 13.2 Å². The first-order chi connectivity index (χ1) is 8.34. The number of hydrogen-bond donors (Lipinski definition) is 2. The smallest absolute Gasteiger partial charge is 0.233 e. The lowest BCUT2D eigenvalue weighted by molar-refractivity contribution is -0.121. The number of nitrogens with one attached hydrogen (secondary N) is 1. The van der Waals surface area contributed by atoms with E-state index in [0.29, 0.717) is 32.6 Å². The molecular formula is C10H22N4O3S. The van der Waals surface area contributed by atoms with Gasteiger partial charge in [-0.2, -0.15) is 4.31 Å². The predicted octanol–water partition coefficient (Wildman–Crippen LogP) is -1.28. The molecule has 0 spiro atoms. The molecule has 0 radical (unpaired) electrons. The molecule has 0 aromatic rings. The van der Waals surface area contributed by atoms with Crippen LogP contribution in [0.4, 0.5) is 0 Å². The second-order valence-corrected chi connectivity index (χ2v) is 6.64. The van der Waals surface area contributed by atoms with Crippen LogP contribution < -0.4 is 11.3 Å². The van der Waals surface area contributed by atoms with E-state index in [1.165, 1.54) is 10.6 Å². The van der Waals surface area contributed by atoms with Gasteiger partial charge in [-0.25, -0.2) is 14.3 Å². The standard InChI is InChI=1S/C10H22N4O3S/c1-9(3-4-10(15)12-11)13-5-7-14(8-6-13)18(2,16)17/h9H,3-8,11H2,1-2H3,(H,12,15). The first-order valence-corrected chi connectivity index (χ1v) is 7.88. The van der Waals surface area contributed by atoms with Crippen molar-refractivity contribution in [2.24, 2.45) is 5.84 Å². The van der Waals surface area contributed by atoms with Gasteiger partial charge in [-0.3, -0.25) is 15.1 Å². The molecule has 18 heavy (non-hydrogen) atoms. The number of piperazine rings is 1. The molecule has 0 aliphatic carbocycles. The molecule has 1 aliphatic heterocycles. The van der Waals surface area contributed by atoms with Gasteiger partial charge in [0.15, 0.2) is 0 Å². The average Bonchev–Trinajstić information content (AvgIpc) is 2.34. The summed E-state index contributed by atoms with van der Waals surface area (Å²) < 4.78 is 24.2. The van der Waals surface area contributed by atoms with Crippen LogP contribution in [0, 0.1) is 0 Å². The molecule has 1 rings (SSSR count). The Kier molecular flexibility index (Phi) is 5.51. The highest BCUT2D eigenvalue weighted by Crippen LogP contribution is 2.12. The SMILES string of the molecule is CC(CCC(=O)NN)N1CCN(S(C)(=O)=O)CC1. The van der Waals surface area contributed by atoms with Crippen molar-refractivity contribution in [3.8, 4) is 0 Å². The van der Waals surface area contributed by atoms with Crippen LogP contribution in [0.1, 0.15) is 19.8 Å². The van der Waals surface area contributed by atoms with Crippen molar-refractivity contribution in [3.63, 3.8) is 0 Å². The fourth-order valence-electron chi connectivity index (χ4n) is 2.07. The molecule has 8 heteroatoms. The Hall–Kier alpha value is -0.700. The number of rotatable bonds is 5. The van der Waals surface area contributed by atoms with Gasteiger partial charge < -0.3 is 0 Å². The lowest BCUT2D eigenvalue weighted by Crippen LogP contribution is -2.51. The second-order valence-electron chi connectivity index (χ2n) is 4.65. The van der Waals surface area contributed by atoms with E-state index in [0.717, 1.165) is 6.42 Å². The van der Waals surface area contributed by atoms with E-state index >= 15 is 0 Å². The Balaban J connectivity index is 2.36. The fourth-order valence-corrected chi connectivity index (χ4v) is 2.90. The van der Waals surface area contributed by atoms with E-state index in [1.54, 1.807) is 0 Å². The summed E-state index contributed by atoms with van der Waals surface area (Å²) in [4.78, 5) is 13.2. The quantitative estimate of drug-likeness (QED) is 0.371. The Morgan fingerprint density at radius 3 is 2.33 bits per heavy atom. The molecule has 106 valence electrons. The summed E-state index contributed by atoms with van der Waals surface area (Å²) in [5.74, 6) is 4.85. The Morgan fingerprint density at radius 1 is 1.33 bits per heavy atom. The van der Waals surface area contributed by atoms with Gasteiger partial charge >= 0.3 is 0 Å². The molecule has 0 saturated carbocycles. The van der Waals surface area contributed by atoms with E-state index in [4.69, 9.17) is 5.84 Å². The summed E-state index contributed by atoms with van der Waals surface area (Å²) in [6.07, 6.45) is 2.35. The highest BCUT2D eigenvalue weighted by Gasteiger charge is 2.25. The zero-order valence-corrected chi connectivity index (χ0v) is 11.7. The van der Waals surface area contributed by atoms with Crippen molar-refractivity contribution in [1.82, 2.24) is 14.6 Å².